The molecule has 0 unspecified atom stereocenters. The summed E-state index contributed by atoms with van der Waals surface area (Å²) in [5, 5.41) is 0.110. The molecule has 1 aliphatic rings. The maximum absolute atomic E-state index is 12.4. The summed E-state index contributed by atoms with van der Waals surface area (Å²) in [5.74, 6) is -3.46. The quantitative estimate of drug-likeness (QED) is 0.186. The van der Waals surface area contributed by atoms with Crippen molar-refractivity contribution in [3.8, 4) is 11.5 Å². The zero-order valence-corrected chi connectivity index (χ0v) is 21.1. The number of cyclic esters (lactones) is 1. The van der Waals surface area contributed by atoms with E-state index in [-0.39, 0.29) is 54.6 Å². The van der Waals surface area contributed by atoms with Crippen molar-refractivity contribution in [1.29, 1.82) is 0 Å². The fraction of sp³-hybridized carbons (Fsp3) is 0.500. The van der Waals surface area contributed by atoms with Crippen molar-refractivity contribution in [3.63, 3.8) is 0 Å². The zero-order valence-electron chi connectivity index (χ0n) is 19.6. The van der Waals surface area contributed by atoms with E-state index in [4.69, 9.17) is 34.7 Å². The topological polar surface area (TPSA) is 132 Å². The molecule has 0 N–H and O–H groups in total. The van der Waals surface area contributed by atoms with Crippen LogP contribution < -0.4 is 8.92 Å². The molecule has 10 nitrogen and oxygen atoms in total. The van der Waals surface area contributed by atoms with E-state index in [1.807, 2.05) is 0 Å². The highest BCUT2D eigenvalue weighted by molar-refractivity contribution is 7.86. The van der Waals surface area contributed by atoms with Crippen LogP contribution >= 0.6 is 11.6 Å². The molecule has 1 aliphatic heterocycles. The van der Waals surface area contributed by atoms with Crippen molar-refractivity contribution in [2.45, 2.75) is 40.2 Å². The molecular weight excluding hydrogens is 492 g/mol. The Bertz CT molecular complexity index is 1090. The van der Waals surface area contributed by atoms with Gasteiger partial charge in [-0.1, -0.05) is 17.7 Å². The molecule has 0 aliphatic carbocycles. The Hall–Kier alpha value is -2.79. The number of hydrogen-bond donors (Lipinski definition) is 0. The molecule has 0 radical (unpaired) electrons. The minimum atomic E-state index is -4.01. The van der Waals surface area contributed by atoms with Crippen LogP contribution in [0.1, 0.15) is 47.3 Å². The second-order valence-electron chi connectivity index (χ2n) is 7.30. The van der Waals surface area contributed by atoms with Crippen molar-refractivity contribution < 1.29 is 45.9 Å². The third kappa shape index (κ3) is 6.41. The van der Waals surface area contributed by atoms with E-state index in [0.29, 0.717) is 16.9 Å². The molecular formula is C22H27ClO10S. The highest BCUT2D eigenvalue weighted by Gasteiger charge is 2.35. The summed E-state index contributed by atoms with van der Waals surface area (Å²) in [6.45, 7) is 5.01. The smallest absolute Gasteiger partial charge is 0.342 e. The molecule has 188 valence electrons. The monoisotopic (exact) mass is 518 g/mol. The average molecular weight is 519 g/mol. The molecule has 0 aromatic heterocycles. The molecule has 0 fully saturated rings. The summed E-state index contributed by atoms with van der Waals surface area (Å²) in [4.78, 5) is 36.8. The molecule has 0 saturated carbocycles. The number of ether oxygens (including phenoxy) is 4. The average Bonchev–Trinajstić information content (AvgIpc) is 3.14. The maximum atomic E-state index is 12.4. The number of carbonyl (C=O) groups excluding carboxylic acids is 3. The second-order valence-corrected chi connectivity index (χ2v) is 9.36. The van der Waals surface area contributed by atoms with E-state index in [0.717, 1.165) is 6.26 Å². The molecule has 1 aromatic rings. The number of hydrogen-bond acceptors (Lipinski definition) is 10. The molecule has 0 atom stereocenters. The first-order chi connectivity index (χ1) is 15.9. The van der Waals surface area contributed by atoms with Gasteiger partial charge in [-0.2, -0.15) is 8.42 Å². The number of fused-ring (bicyclic) bond motifs is 1. The third-order valence-corrected chi connectivity index (χ3v) is 5.71. The minimum Gasteiger partial charge on any atom is -0.496 e. The number of allylic oxidation sites excluding steroid dienone is 2. The van der Waals surface area contributed by atoms with E-state index in [1.54, 1.807) is 20.8 Å². The second kappa shape index (κ2) is 11.6. The lowest BCUT2D eigenvalue weighted by atomic mass is 9.95. The van der Waals surface area contributed by atoms with Gasteiger partial charge in [0.1, 0.15) is 17.9 Å². The minimum absolute atomic E-state index is 0.000767. The Kier molecular flexibility index (Phi) is 9.34. The fourth-order valence-corrected chi connectivity index (χ4v) is 4.21. The number of methoxy groups -OCH3 is 1. The van der Waals surface area contributed by atoms with E-state index >= 15 is 0 Å². The van der Waals surface area contributed by atoms with E-state index in [1.165, 1.54) is 13.2 Å². The highest BCUT2D eigenvalue weighted by atomic mass is 35.5. The Morgan fingerprint density at radius 3 is 2.24 bits per heavy atom. The first-order valence-electron chi connectivity index (χ1n) is 10.4. The van der Waals surface area contributed by atoms with Crippen molar-refractivity contribution in [1.82, 2.24) is 0 Å². The van der Waals surface area contributed by atoms with Crippen LogP contribution in [-0.4, -0.2) is 52.9 Å². The molecule has 0 bridgehead atoms. The van der Waals surface area contributed by atoms with E-state index in [9.17, 15) is 22.8 Å². The van der Waals surface area contributed by atoms with Gasteiger partial charge in [-0.05, 0) is 32.8 Å². The molecule has 1 heterocycles. The predicted octanol–water partition coefficient (Wildman–Crippen LogP) is 2.81. The van der Waals surface area contributed by atoms with Crippen molar-refractivity contribution in [2.75, 3.05) is 26.6 Å². The van der Waals surface area contributed by atoms with Crippen LogP contribution in [0.5, 0.6) is 11.5 Å². The number of esters is 3. The summed E-state index contributed by atoms with van der Waals surface area (Å²) in [6, 6.07) is 0. The molecule has 2 rings (SSSR count). The van der Waals surface area contributed by atoms with Gasteiger partial charge in [-0.15, -0.1) is 0 Å². The third-order valence-electron chi connectivity index (χ3n) is 4.93. The van der Waals surface area contributed by atoms with Crippen molar-refractivity contribution in [3.05, 3.63) is 33.4 Å². The van der Waals surface area contributed by atoms with Crippen molar-refractivity contribution in [2.24, 2.45) is 5.92 Å². The normalized spacial score (nSPS) is 13.4. The molecule has 12 heteroatoms. The van der Waals surface area contributed by atoms with Gasteiger partial charge in [-0.3, -0.25) is 9.59 Å². The lowest BCUT2D eigenvalue weighted by Crippen LogP contribution is -2.28. The maximum Gasteiger partial charge on any atom is 0.342 e. The van der Waals surface area contributed by atoms with E-state index in [2.05, 4.69) is 0 Å². The van der Waals surface area contributed by atoms with Gasteiger partial charge < -0.3 is 23.1 Å². The Morgan fingerprint density at radius 1 is 1.15 bits per heavy atom. The van der Waals surface area contributed by atoms with Gasteiger partial charge in [0.25, 0.3) is 0 Å². The first-order valence-corrected chi connectivity index (χ1v) is 12.6. The van der Waals surface area contributed by atoms with Gasteiger partial charge in [0, 0.05) is 22.6 Å². The Labute approximate surface area is 203 Å². The van der Waals surface area contributed by atoms with Crippen molar-refractivity contribution >= 4 is 39.6 Å². The standard InChI is InChI=1S/C22H27ClO10S/c1-6-30-20(24)15(21(25)31-7-2)10-13(23)8-9-14-18(29-4)12(3)16-11-32-22(26)17(16)19(14)33-34(5,27)28/h8,15H,6-7,9-11H2,1-5H3/b13-8+. The number of rotatable bonds is 11. The molecule has 34 heavy (non-hydrogen) atoms. The van der Waals surface area contributed by atoms with Crippen LogP contribution in [0.15, 0.2) is 11.1 Å². The van der Waals surface area contributed by atoms with Gasteiger partial charge in [0.15, 0.2) is 11.7 Å². The molecule has 1 aromatic carbocycles. The molecule has 0 amide bonds. The SMILES string of the molecule is CCOC(=O)C(C/C(Cl)=C\Cc1c(OC)c(C)c2c(c1OS(C)(=O)=O)C(=O)OC2)C(=O)OCC. The lowest BCUT2D eigenvalue weighted by Gasteiger charge is -2.18. The Morgan fingerprint density at radius 2 is 1.74 bits per heavy atom. The van der Waals surface area contributed by atoms with Crippen LogP contribution in [0.3, 0.4) is 0 Å². The highest BCUT2D eigenvalue weighted by Crippen LogP contribution is 2.43. The lowest BCUT2D eigenvalue weighted by molar-refractivity contribution is -0.161. The fourth-order valence-electron chi connectivity index (χ4n) is 3.49. The van der Waals surface area contributed by atoms with Crippen LogP contribution in [0.25, 0.3) is 0 Å². The summed E-state index contributed by atoms with van der Waals surface area (Å²) in [7, 11) is -2.62. The summed E-state index contributed by atoms with van der Waals surface area (Å²) in [5.41, 5.74) is 1.29. The van der Waals surface area contributed by atoms with Crippen LogP contribution in [0, 0.1) is 12.8 Å². The van der Waals surface area contributed by atoms with Gasteiger partial charge in [0.2, 0.25) is 0 Å². The van der Waals surface area contributed by atoms with Gasteiger partial charge in [-0.25, -0.2) is 4.79 Å². The predicted molar refractivity (Wildman–Crippen MR) is 121 cm³/mol. The summed E-state index contributed by atoms with van der Waals surface area (Å²) >= 11 is 6.33. The Balaban J connectivity index is 2.49. The van der Waals surface area contributed by atoms with Crippen LogP contribution in [-0.2, 0) is 46.9 Å². The molecule has 0 saturated heterocycles. The number of benzene rings is 1. The summed E-state index contributed by atoms with van der Waals surface area (Å²) in [6.07, 6.45) is 2.08. The van der Waals surface area contributed by atoms with Crippen LogP contribution in [0.2, 0.25) is 0 Å². The number of carbonyl (C=O) groups is 3. The first kappa shape index (κ1) is 27.5. The largest absolute Gasteiger partial charge is 0.496 e. The van der Waals surface area contributed by atoms with Gasteiger partial charge >= 0.3 is 28.0 Å². The molecule has 0 spiro atoms. The summed E-state index contributed by atoms with van der Waals surface area (Å²) < 4.78 is 49.5. The number of halogens is 1. The zero-order chi connectivity index (χ0) is 25.6. The van der Waals surface area contributed by atoms with Crippen LogP contribution in [0.4, 0.5) is 0 Å². The van der Waals surface area contributed by atoms with E-state index < -0.39 is 33.9 Å². The van der Waals surface area contributed by atoms with Gasteiger partial charge in [0.05, 0.1) is 26.6 Å².